The number of aromatic nitrogens is 3. The summed E-state index contributed by atoms with van der Waals surface area (Å²) in [5.74, 6) is 2.30. The second-order valence-electron chi connectivity index (χ2n) is 6.33. The first-order chi connectivity index (χ1) is 15.2. The van der Waals surface area contributed by atoms with E-state index in [1.807, 2.05) is 30.3 Å². The number of methoxy groups -OCH3 is 2. The van der Waals surface area contributed by atoms with Gasteiger partial charge in [-0.2, -0.15) is 0 Å². The normalized spacial score (nSPS) is 10.5. The van der Waals surface area contributed by atoms with E-state index >= 15 is 0 Å². The van der Waals surface area contributed by atoms with Crippen LogP contribution in [0.5, 0.6) is 11.5 Å². The second-order valence-corrected chi connectivity index (χ2v) is 6.33. The number of anilines is 3. The number of amides is 1. The van der Waals surface area contributed by atoms with E-state index in [4.69, 9.17) is 9.47 Å². The number of benzene rings is 1. The van der Waals surface area contributed by atoms with E-state index in [1.165, 1.54) is 6.08 Å². The predicted octanol–water partition coefficient (Wildman–Crippen LogP) is 2.87. The van der Waals surface area contributed by atoms with E-state index < -0.39 is 0 Å². The Hall–Kier alpha value is -4.14. The van der Waals surface area contributed by atoms with Crippen molar-refractivity contribution < 1.29 is 14.3 Å². The largest absolute Gasteiger partial charge is 0.493 e. The summed E-state index contributed by atoms with van der Waals surface area (Å²) in [7, 11) is 3.15. The van der Waals surface area contributed by atoms with Crippen LogP contribution in [0.3, 0.4) is 0 Å². The van der Waals surface area contributed by atoms with Gasteiger partial charge in [-0.05, 0) is 48.0 Å². The smallest absolute Gasteiger partial charge is 0.244 e. The number of hydrogen-bond donors (Lipinski definition) is 3. The van der Waals surface area contributed by atoms with Crippen molar-refractivity contribution in [3.05, 3.63) is 66.5 Å². The molecule has 0 spiro atoms. The minimum atomic E-state index is -0.195. The predicted molar refractivity (Wildman–Crippen MR) is 120 cm³/mol. The van der Waals surface area contributed by atoms with Crippen molar-refractivity contribution >= 4 is 29.3 Å². The molecule has 0 bridgehead atoms. The Bertz CT molecular complexity index is 1010. The lowest BCUT2D eigenvalue weighted by atomic mass is 10.2. The van der Waals surface area contributed by atoms with E-state index in [9.17, 15) is 4.79 Å². The average Bonchev–Trinajstić information content (AvgIpc) is 2.82. The maximum atomic E-state index is 12.0. The molecule has 2 heterocycles. The molecule has 9 heteroatoms. The average molecular weight is 420 g/mol. The third kappa shape index (κ3) is 6.70. The van der Waals surface area contributed by atoms with Crippen molar-refractivity contribution in [2.24, 2.45) is 0 Å². The maximum Gasteiger partial charge on any atom is 0.244 e. The van der Waals surface area contributed by atoms with Gasteiger partial charge in [0.25, 0.3) is 0 Å². The van der Waals surface area contributed by atoms with Crippen LogP contribution in [0.4, 0.5) is 17.3 Å². The quantitative estimate of drug-likeness (QED) is 0.339. The molecule has 2 aromatic heterocycles. The summed E-state index contributed by atoms with van der Waals surface area (Å²) in [5.41, 5.74) is 1.72. The first kappa shape index (κ1) is 21.6. The summed E-state index contributed by atoms with van der Waals surface area (Å²) in [6.07, 6.45) is 6.58. The number of pyridine rings is 1. The molecule has 0 saturated heterocycles. The van der Waals surface area contributed by atoms with Crippen LogP contribution in [-0.4, -0.2) is 48.4 Å². The van der Waals surface area contributed by atoms with Crippen molar-refractivity contribution in [1.29, 1.82) is 0 Å². The number of nitrogens with one attached hydrogen (secondary N) is 3. The van der Waals surface area contributed by atoms with Gasteiger partial charge in [0.1, 0.15) is 5.82 Å². The number of rotatable bonds is 10. The number of nitrogens with zero attached hydrogens (tertiary/aromatic N) is 3. The van der Waals surface area contributed by atoms with Crippen molar-refractivity contribution in [1.82, 2.24) is 20.5 Å². The summed E-state index contributed by atoms with van der Waals surface area (Å²) >= 11 is 0. The molecule has 1 amide bonds. The third-order valence-corrected chi connectivity index (χ3v) is 4.18. The topological polar surface area (TPSA) is 110 Å². The van der Waals surface area contributed by atoms with E-state index in [1.54, 1.807) is 44.8 Å². The molecule has 0 unspecified atom stereocenters. The molecule has 160 valence electrons. The zero-order chi connectivity index (χ0) is 21.9. The summed E-state index contributed by atoms with van der Waals surface area (Å²) < 4.78 is 10.5. The Kier molecular flexibility index (Phi) is 7.76. The Balaban J connectivity index is 1.40. The minimum Gasteiger partial charge on any atom is -0.493 e. The molecule has 0 aliphatic rings. The van der Waals surface area contributed by atoms with Crippen molar-refractivity contribution in [2.75, 3.05) is 37.9 Å². The van der Waals surface area contributed by atoms with Crippen LogP contribution in [-0.2, 0) is 4.79 Å². The lowest BCUT2D eigenvalue weighted by Crippen LogP contribution is -2.27. The van der Waals surface area contributed by atoms with Crippen molar-refractivity contribution in [3.8, 4) is 11.5 Å². The summed E-state index contributed by atoms with van der Waals surface area (Å²) in [5, 5.41) is 17.3. The zero-order valence-electron chi connectivity index (χ0n) is 17.3. The van der Waals surface area contributed by atoms with Gasteiger partial charge in [0, 0.05) is 37.2 Å². The second kappa shape index (κ2) is 11.1. The molecule has 3 aromatic rings. The minimum absolute atomic E-state index is 0.195. The molecule has 31 heavy (non-hydrogen) atoms. The number of carbonyl (C=O) groups is 1. The SMILES string of the molecule is COc1ccc(/C=C/C(=O)NCCNc2ccc(Nc3ccncc3)nn2)cc1OC. The third-order valence-electron chi connectivity index (χ3n) is 4.18. The molecular formula is C22H24N6O3. The van der Waals surface area contributed by atoms with Crippen LogP contribution in [0.2, 0.25) is 0 Å². The van der Waals surface area contributed by atoms with Crippen LogP contribution in [0.15, 0.2) is 60.9 Å². The Labute approximate surface area is 180 Å². The molecule has 0 aliphatic carbocycles. The Morgan fingerprint density at radius 1 is 0.935 bits per heavy atom. The molecule has 0 atom stereocenters. The highest BCUT2D eigenvalue weighted by atomic mass is 16.5. The highest BCUT2D eigenvalue weighted by molar-refractivity contribution is 5.91. The molecule has 0 saturated carbocycles. The van der Waals surface area contributed by atoms with Gasteiger partial charge < -0.3 is 25.4 Å². The van der Waals surface area contributed by atoms with Gasteiger partial charge in [-0.25, -0.2) is 0 Å². The van der Waals surface area contributed by atoms with Crippen LogP contribution in [0, 0.1) is 0 Å². The van der Waals surface area contributed by atoms with Gasteiger partial charge in [0.05, 0.1) is 14.2 Å². The molecular weight excluding hydrogens is 396 g/mol. The molecule has 0 aliphatic heterocycles. The highest BCUT2D eigenvalue weighted by Crippen LogP contribution is 2.27. The summed E-state index contributed by atoms with van der Waals surface area (Å²) in [6, 6.07) is 12.8. The monoisotopic (exact) mass is 420 g/mol. The van der Waals surface area contributed by atoms with Crippen LogP contribution in [0.25, 0.3) is 6.08 Å². The summed E-state index contributed by atoms with van der Waals surface area (Å²) in [4.78, 5) is 16.0. The zero-order valence-corrected chi connectivity index (χ0v) is 17.3. The standard InChI is InChI=1S/C22H24N6O3/c1-30-18-5-3-16(15-19(18)31-2)4-8-22(29)25-14-13-24-20-6-7-21(28-27-20)26-17-9-11-23-12-10-17/h3-12,15H,13-14H2,1-2H3,(H,24,27)(H,25,29)(H,23,26,28)/b8-4+. The Morgan fingerprint density at radius 2 is 1.68 bits per heavy atom. The fourth-order valence-corrected chi connectivity index (χ4v) is 2.64. The van der Waals surface area contributed by atoms with Gasteiger partial charge in [-0.1, -0.05) is 6.07 Å². The first-order valence-corrected chi connectivity index (χ1v) is 9.60. The van der Waals surface area contributed by atoms with E-state index in [0.29, 0.717) is 36.2 Å². The van der Waals surface area contributed by atoms with E-state index in [2.05, 4.69) is 31.1 Å². The van der Waals surface area contributed by atoms with Gasteiger partial charge in [0.2, 0.25) is 5.91 Å². The summed E-state index contributed by atoms with van der Waals surface area (Å²) in [6.45, 7) is 0.954. The molecule has 0 radical (unpaired) electrons. The molecule has 0 fully saturated rings. The molecule has 3 rings (SSSR count). The van der Waals surface area contributed by atoms with Gasteiger partial charge in [-0.3, -0.25) is 9.78 Å². The van der Waals surface area contributed by atoms with E-state index in [-0.39, 0.29) is 5.91 Å². The van der Waals surface area contributed by atoms with Crippen molar-refractivity contribution in [2.45, 2.75) is 0 Å². The maximum absolute atomic E-state index is 12.0. The van der Waals surface area contributed by atoms with Gasteiger partial charge in [0.15, 0.2) is 17.3 Å². The highest BCUT2D eigenvalue weighted by Gasteiger charge is 2.03. The van der Waals surface area contributed by atoms with Crippen LogP contribution >= 0.6 is 0 Å². The fraction of sp³-hybridized carbons (Fsp3) is 0.182. The van der Waals surface area contributed by atoms with Crippen LogP contribution < -0.4 is 25.4 Å². The number of ether oxygens (including phenoxy) is 2. The van der Waals surface area contributed by atoms with Crippen LogP contribution in [0.1, 0.15) is 5.56 Å². The lowest BCUT2D eigenvalue weighted by molar-refractivity contribution is -0.116. The first-order valence-electron chi connectivity index (χ1n) is 9.60. The molecule has 3 N–H and O–H groups in total. The van der Waals surface area contributed by atoms with E-state index in [0.717, 1.165) is 11.3 Å². The molecule has 1 aromatic carbocycles. The number of carbonyl (C=O) groups excluding carboxylic acids is 1. The molecule has 9 nitrogen and oxygen atoms in total. The fourth-order valence-electron chi connectivity index (χ4n) is 2.64. The van der Waals surface area contributed by atoms with Gasteiger partial charge >= 0.3 is 0 Å². The van der Waals surface area contributed by atoms with Crippen molar-refractivity contribution in [3.63, 3.8) is 0 Å². The Morgan fingerprint density at radius 3 is 2.39 bits per heavy atom. The lowest BCUT2D eigenvalue weighted by Gasteiger charge is -2.08. The number of hydrogen-bond acceptors (Lipinski definition) is 8. The van der Waals surface area contributed by atoms with Gasteiger partial charge in [-0.15, -0.1) is 10.2 Å².